The Bertz CT molecular complexity index is 462. The number of hydrogen-bond acceptors (Lipinski definition) is 2. The van der Waals surface area contributed by atoms with E-state index in [-0.39, 0.29) is 0 Å². The topological polar surface area (TPSA) is 15.3 Å². The number of fused-ring (bicyclic) bond motifs is 1. The normalized spacial score (nSPS) is 29.1. The molecule has 0 radical (unpaired) electrons. The van der Waals surface area contributed by atoms with Crippen molar-refractivity contribution in [2.75, 3.05) is 13.1 Å². The summed E-state index contributed by atoms with van der Waals surface area (Å²) in [7, 11) is 0. The highest BCUT2D eigenvalue weighted by atomic mass is 15.2. The van der Waals surface area contributed by atoms with Crippen LogP contribution < -0.4 is 5.32 Å². The van der Waals surface area contributed by atoms with Gasteiger partial charge in [0, 0.05) is 24.7 Å². The fourth-order valence-corrected chi connectivity index (χ4v) is 4.19. The van der Waals surface area contributed by atoms with E-state index in [1.165, 1.54) is 38.8 Å². The van der Waals surface area contributed by atoms with Crippen molar-refractivity contribution in [2.24, 2.45) is 0 Å². The van der Waals surface area contributed by atoms with E-state index in [1.807, 2.05) is 0 Å². The molecule has 1 aromatic rings. The van der Waals surface area contributed by atoms with E-state index < -0.39 is 0 Å². The van der Waals surface area contributed by atoms with Crippen LogP contribution in [0.4, 0.5) is 0 Å². The average molecular weight is 286 g/mol. The van der Waals surface area contributed by atoms with Gasteiger partial charge in [-0.15, -0.1) is 0 Å². The predicted octanol–water partition coefficient (Wildman–Crippen LogP) is 4.09. The Kier molecular flexibility index (Phi) is 4.66. The van der Waals surface area contributed by atoms with E-state index in [2.05, 4.69) is 55.3 Å². The van der Waals surface area contributed by atoms with Crippen LogP contribution in [0.1, 0.15) is 69.5 Å². The second-order valence-corrected chi connectivity index (χ2v) is 7.21. The van der Waals surface area contributed by atoms with Crippen LogP contribution in [0.25, 0.3) is 0 Å². The Morgan fingerprint density at radius 2 is 1.90 bits per heavy atom. The summed E-state index contributed by atoms with van der Waals surface area (Å²) >= 11 is 0. The first-order chi connectivity index (χ1) is 10.2. The summed E-state index contributed by atoms with van der Waals surface area (Å²) < 4.78 is 0. The average Bonchev–Trinajstić information content (AvgIpc) is 2.99. The number of benzene rings is 1. The Morgan fingerprint density at radius 1 is 1.14 bits per heavy atom. The SMILES string of the molecule is CC1CCC(N(CC2CCCN2)C(C)C)c2ccccc21. The van der Waals surface area contributed by atoms with Gasteiger partial charge in [0.1, 0.15) is 0 Å². The van der Waals surface area contributed by atoms with Crippen molar-refractivity contribution in [3.63, 3.8) is 0 Å². The molecule has 1 aliphatic carbocycles. The molecular weight excluding hydrogens is 256 g/mol. The molecule has 2 heteroatoms. The Balaban J connectivity index is 1.84. The molecule has 2 aliphatic rings. The van der Waals surface area contributed by atoms with Gasteiger partial charge in [-0.1, -0.05) is 31.2 Å². The van der Waals surface area contributed by atoms with Crippen molar-refractivity contribution < 1.29 is 0 Å². The molecule has 1 aliphatic heterocycles. The largest absolute Gasteiger partial charge is 0.313 e. The van der Waals surface area contributed by atoms with Crippen LogP contribution in [-0.2, 0) is 0 Å². The maximum atomic E-state index is 3.67. The minimum atomic E-state index is 0.610. The van der Waals surface area contributed by atoms with Gasteiger partial charge in [0.25, 0.3) is 0 Å². The molecule has 0 aromatic heterocycles. The second kappa shape index (κ2) is 6.50. The molecule has 1 aromatic carbocycles. The molecule has 1 N–H and O–H groups in total. The maximum Gasteiger partial charge on any atom is 0.0354 e. The van der Waals surface area contributed by atoms with Gasteiger partial charge in [0.2, 0.25) is 0 Å². The van der Waals surface area contributed by atoms with Gasteiger partial charge in [-0.05, 0) is 63.1 Å². The van der Waals surface area contributed by atoms with E-state index in [9.17, 15) is 0 Å². The maximum absolute atomic E-state index is 3.67. The van der Waals surface area contributed by atoms with Gasteiger partial charge >= 0.3 is 0 Å². The summed E-state index contributed by atoms with van der Waals surface area (Å²) in [6.07, 6.45) is 5.31. The van der Waals surface area contributed by atoms with E-state index >= 15 is 0 Å². The van der Waals surface area contributed by atoms with Gasteiger partial charge in [-0.3, -0.25) is 4.90 Å². The minimum Gasteiger partial charge on any atom is -0.313 e. The fourth-order valence-electron chi connectivity index (χ4n) is 4.19. The lowest BCUT2D eigenvalue weighted by Crippen LogP contribution is -2.44. The molecule has 1 heterocycles. The number of hydrogen-bond donors (Lipinski definition) is 1. The van der Waals surface area contributed by atoms with Crippen LogP contribution >= 0.6 is 0 Å². The zero-order chi connectivity index (χ0) is 14.8. The molecule has 0 amide bonds. The first kappa shape index (κ1) is 15.1. The molecule has 21 heavy (non-hydrogen) atoms. The predicted molar refractivity (Wildman–Crippen MR) is 89.7 cm³/mol. The van der Waals surface area contributed by atoms with Crippen LogP contribution in [0.2, 0.25) is 0 Å². The van der Waals surface area contributed by atoms with Crippen molar-refractivity contribution in [3.05, 3.63) is 35.4 Å². The van der Waals surface area contributed by atoms with E-state index in [0.29, 0.717) is 18.1 Å². The summed E-state index contributed by atoms with van der Waals surface area (Å²) in [6, 6.07) is 11.1. The summed E-state index contributed by atoms with van der Waals surface area (Å²) in [5.41, 5.74) is 3.17. The molecule has 3 atom stereocenters. The van der Waals surface area contributed by atoms with Crippen LogP contribution in [0.3, 0.4) is 0 Å². The first-order valence-corrected chi connectivity index (χ1v) is 8.74. The zero-order valence-electron chi connectivity index (χ0n) is 13.8. The molecule has 116 valence electrons. The Hall–Kier alpha value is -0.860. The van der Waals surface area contributed by atoms with Crippen molar-refractivity contribution in [1.29, 1.82) is 0 Å². The monoisotopic (exact) mass is 286 g/mol. The lowest BCUT2D eigenvalue weighted by atomic mass is 9.80. The summed E-state index contributed by atoms with van der Waals surface area (Å²) in [5, 5.41) is 3.67. The van der Waals surface area contributed by atoms with Gasteiger partial charge < -0.3 is 5.32 Å². The van der Waals surface area contributed by atoms with Crippen molar-refractivity contribution in [1.82, 2.24) is 10.2 Å². The molecule has 0 spiro atoms. The van der Waals surface area contributed by atoms with Crippen molar-refractivity contribution in [2.45, 2.75) is 70.5 Å². The van der Waals surface area contributed by atoms with E-state index in [4.69, 9.17) is 0 Å². The van der Waals surface area contributed by atoms with Gasteiger partial charge in [0.15, 0.2) is 0 Å². The summed E-state index contributed by atoms with van der Waals surface area (Å²) in [6.45, 7) is 9.50. The smallest absolute Gasteiger partial charge is 0.0354 e. The summed E-state index contributed by atoms with van der Waals surface area (Å²) in [5.74, 6) is 0.719. The molecular formula is C19H30N2. The molecule has 3 rings (SSSR count). The molecule has 1 saturated heterocycles. The molecule has 0 saturated carbocycles. The highest BCUT2D eigenvalue weighted by molar-refractivity contribution is 5.35. The second-order valence-electron chi connectivity index (χ2n) is 7.21. The third kappa shape index (κ3) is 3.17. The lowest BCUT2D eigenvalue weighted by molar-refractivity contribution is 0.123. The first-order valence-electron chi connectivity index (χ1n) is 8.74. The standard InChI is InChI=1S/C19H30N2/c1-14(2)21(13-16-7-6-12-20-16)19-11-10-15(3)17-8-4-5-9-18(17)19/h4-5,8-9,14-16,19-20H,6-7,10-13H2,1-3H3. The minimum absolute atomic E-state index is 0.610. The number of nitrogens with zero attached hydrogens (tertiary/aromatic N) is 1. The highest BCUT2D eigenvalue weighted by Crippen LogP contribution is 2.41. The number of rotatable bonds is 4. The molecule has 0 bridgehead atoms. The van der Waals surface area contributed by atoms with Crippen LogP contribution in [0.15, 0.2) is 24.3 Å². The Labute approximate surface area is 129 Å². The van der Waals surface area contributed by atoms with Gasteiger partial charge in [0.05, 0.1) is 0 Å². The van der Waals surface area contributed by atoms with Gasteiger partial charge in [-0.25, -0.2) is 0 Å². The third-order valence-corrected chi connectivity index (χ3v) is 5.42. The molecule has 1 fully saturated rings. The third-order valence-electron chi connectivity index (χ3n) is 5.42. The fraction of sp³-hybridized carbons (Fsp3) is 0.684. The van der Waals surface area contributed by atoms with Crippen molar-refractivity contribution >= 4 is 0 Å². The van der Waals surface area contributed by atoms with Crippen molar-refractivity contribution in [3.8, 4) is 0 Å². The van der Waals surface area contributed by atoms with E-state index in [1.54, 1.807) is 11.1 Å². The van der Waals surface area contributed by atoms with Crippen LogP contribution in [-0.4, -0.2) is 30.1 Å². The van der Waals surface area contributed by atoms with Crippen LogP contribution in [0.5, 0.6) is 0 Å². The Morgan fingerprint density at radius 3 is 2.57 bits per heavy atom. The zero-order valence-corrected chi connectivity index (χ0v) is 13.8. The molecule has 3 unspecified atom stereocenters. The lowest BCUT2D eigenvalue weighted by Gasteiger charge is -2.41. The summed E-state index contributed by atoms with van der Waals surface area (Å²) in [4.78, 5) is 2.74. The highest BCUT2D eigenvalue weighted by Gasteiger charge is 2.31. The van der Waals surface area contributed by atoms with Crippen LogP contribution in [0, 0.1) is 0 Å². The van der Waals surface area contributed by atoms with Gasteiger partial charge in [-0.2, -0.15) is 0 Å². The quantitative estimate of drug-likeness (QED) is 0.897. The van der Waals surface area contributed by atoms with E-state index in [0.717, 1.165) is 5.92 Å². The molecule has 2 nitrogen and oxygen atoms in total. The number of nitrogens with one attached hydrogen (secondary N) is 1.